The second-order valence-electron chi connectivity index (χ2n) is 6.18. The largest absolute Gasteiger partial charge is 0.324 e. The van der Waals surface area contributed by atoms with Gasteiger partial charge in [0.2, 0.25) is 10.0 Å². The number of H-pyrrole nitrogens is 1. The Balaban J connectivity index is 1.64. The fourth-order valence-corrected chi connectivity index (χ4v) is 3.54. The molecular weight excluding hydrogens is 342 g/mol. The lowest BCUT2D eigenvalue weighted by atomic mass is 9.95. The normalized spacial score (nSPS) is 18.0. The van der Waals surface area contributed by atoms with Crippen molar-refractivity contribution < 1.29 is 13.2 Å². The van der Waals surface area contributed by atoms with Gasteiger partial charge >= 0.3 is 6.03 Å². The van der Waals surface area contributed by atoms with Crippen LogP contribution in [-0.4, -0.2) is 48.9 Å². The Morgan fingerprint density at radius 2 is 2.12 bits per heavy atom. The molecule has 1 aromatic heterocycles. The molecule has 0 radical (unpaired) electrons. The zero-order chi connectivity index (χ0) is 17.9. The van der Waals surface area contributed by atoms with Crippen molar-refractivity contribution in [2.45, 2.75) is 18.8 Å². The van der Waals surface area contributed by atoms with Crippen LogP contribution >= 0.6 is 0 Å². The highest BCUT2D eigenvalue weighted by atomic mass is 32.2. The Kier molecular flexibility index (Phi) is 4.93. The first-order valence-electron chi connectivity index (χ1n) is 8.04. The number of anilines is 2. The van der Waals surface area contributed by atoms with Crippen LogP contribution in [0, 0.1) is 0 Å². The molecule has 3 N–H and O–H groups in total. The fourth-order valence-electron chi connectivity index (χ4n) is 2.99. The summed E-state index contributed by atoms with van der Waals surface area (Å²) in [6.07, 6.45) is 4.74. The number of hydrogen-bond acceptors (Lipinski definition) is 4. The molecule has 1 aromatic carbocycles. The summed E-state index contributed by atoms with van der Waals surface area (Å²) in [6, 6.07) is 8.38. The van der Waals surface area contributed by atoms with Crippen molar-refractivity contribution >= 4 is 27.4 Å². The molecule has 134 valence electrons. The Bertz CT molecular complexity index is 835. The molecule has 0 aliphatic carbocycles. The number of nitrogens with zero attached hydrogens (tertiary/aromatic N) is 2. The summed E-state index contributed by atoms with van der Waals surface area (Å²) in [4.78, 5) is 14.3. The first-order chi connectivity index (χ1) is 11.9. The van der Waals surface area contributed by atoms with Crippen molar-refractivity contribution in [3.05, 3.63) is 42.2 Å². The van der Waals surface area contributed by atoms with Crippen LogP contribution in [0.1, 0.15) is 24.5 Å². The van der Waals surface area contributed by atoms with Crippen molar-refractivity contribution in [1.29, 1.82) is 0 Å². The third-order valence-corrected chi connectivity index (χ3v) is 4.69. The number of likely N-dealkylation sites (tertiary alicyclic amines) is 1. The summed E-state index contributed by atoms with van der Waals surface area (Å²) >= 11 is 0. The van der Waals surface area contributed by atoms with E-state index in [1.54, 1.807) is 35.4 Å². The van der Waals surface area contributed by atoms with Gasteiger partial charge in [0.25, 0.3) is 0 Å². The molecule has 8 nitrogen and oxygen atoms in total. The van der Waals surface area contributed by atoms with Gasteiger partial charge in [0.05, 0.1) is 11.9 Å². The van der Waals surface area contributed by atoms with Crippen LogP contribution in [0.2, 0.25) is 0 Å². The lowest BCUT2D eigenvalue weighted by Crippen LogP contribution is -2.41. The maximum atomic E-state index is 12.5. The van der Waals surface area contributed by atoms with Crippen molar-refractivity contribution in [3.63, 3.8) is 0 Å². The lowest BCUT2D eigenvalue weighted by Gasteiger charge is -2.32. The van der Waals surface area contributed by atoms with Crippen LogP contribution < -0.4 is 10.0 Å². The zero-order valence-corrected chi connectivity index (χ0v) is 14.7. The fraction of sp³-hybridized carbons (Fsp3) is 0.375. The van der Waals surface area contributed by atoms with Gasteiger partial charge in [0.1, 0.15) is 0 Å². The molecule has 0 saturated carbocycles. The van der Waals surface area contributed by atoms with Gasteiger partial charge in [0, 0.05) is 36.6 Å². The molecule has 25 heavy (non-hydrogen) atoms. The van der Waals surface area contributed by atoms with Gasteiger partial charge in [-0.3, -0.25) is 9.82 Å². The molecule has 1 atom stereocenters. The number of aromatic amines is 1. The first-order valence-corrected chi connectivity index (χ1v) is 9.93. The number of urea groups is 1. The van der Waals surface area contributed by atoms with Crippen LogP contribution in [0.5, 0.6) is 0 Å². The molecule has 2 amide bonds. The lowest BCUT2D eigenvalue weighted by molar-refractivity contribution is 0.192. The average Bonchev–Trinajstić information content (AvgIpc) is 3.08. The molecule has 0 bridgehead atoms. The van der Waals surface area contributed by atoms with Crippen molar-refractivity contribution in [3.8, 4) is 0 Å². The van der Waals surface area contributed by atoms with Crippen molar-refractivity contribution in [1.82, 2.24) is 15.1 Å². The summed E-state index contributed by atoms with van der Waals surface area (Å²) < 4.78 is 25.0. The minimum atomic E-state index is -3.36. The Hall–Kier alpha value is -2.55. The van der Waals surface area contributed by atoms with E-state index in [0.29, 0.717) is 24.5 Å². The van der Waals surface area contributed by atoms with E-state index in [1.807, 2.05) is 6.07 Å². The van der Waals surface area contributed by atoms with E-state index in [1.165, 1.54) is 0 Å². The van der Waals surface area contributed by atoms with Crippen LogP contribution in [0.15, 0.2) is 36.5 Å². The topological polar surface area (TPSA) is 107 Å². The van der Waals surface area contributed by atoms with Crippen molar-refractivity contribution in [2.24, 2.45) is 0 Å². The van der Waals surface area contributed by atoms with Crippen LogP contribution in [0.3, 0.4) is 0 Å². The number of carbonyl (C=O) groups is 1. The number of hydrogen-bond donors (Lipinski definition) is 3. The third-order valence-electron chi connectivity index (χ3n) is 4.09. The van der Waals surface area contributed by atoms with Crippen LogP contribution in [0.25, 0.3) is 0 Å². The predicted molar refractivity (Wildman–Crippen MR) is 96.1 cm³/mol. The monoisotopic (exact) mass is 363 g/mol. The summed E-state index contributed by atoms with van der Waals surface area (Å²) in [5, 5.41) is 9.78. The Labute approximate surface area is 146 Å². The number of sulfonamides is 1. The number of rotatable bonds is 4. The highest BCUT2D eigenvalue weighted by Gasteiger charge is 2.25. The van der Waals surface area contributed by atoms with E-state index < -0.39 is 10.0 Å². The van der Waals surface area contributed by atoms with Gasteiger partial charge in [-0.15, -0.1) is 0 Å². The van der Waals surface area contributed by atoms with Gasteiger partial charge in [-0.05, 0) is 37.1 Å². The predicted octanol–water partition coefficient (Wildman–Crippen LogP) is 2.19. The second kappa shape index (κ2) is 7.14. The highest BCUT2D eigenvalue weighted by Crippen LogP contribution is 2.26. The Morgan fingerprint density at radius 1 is 1.32 bits per heavy atom. The first kappa shape index (κ1) is 17.3. The van der Waals surface area contributed by atoms with Crippen molar-refractivity contribution in [2.75, 3.05) is 29.4 Å². The summed E-state index contributed by atoms with van der Waals surface area (Å²) in [5.41, 5.74) is 1.99. The molecule has 0 spiro atoms. The number of amides is 2. The number of nitrogens with one attached hydrogen (secondary N) is 3. The maximum absolute atomic E-state index is 12.5. The minimum Gasteiger partial charge on any atom is -0.324 e. The number of benzene rings is 1. The van der Waals surface area contributed by atoms with Gasteiger partial charge in [-0.2, -0.15) is 5.10 Å². The SMILES string of the molecule is CS(=O)(=O)Nc1cccc(NC(=O)N2CCC[C@H](c3ccn[nH]3)C2)c1. The molecule has 2 heterocycles. The molecule has 2 aromatic rings. The second-order valence-corrected chi connectivity index (χ2v) is 7.93. The van der Waals surface area contributed by atoms with Gasteiger partial charge in [0.15, 0.2) is 0 Å². The summed E-state index contributed by atoms with van der Waals surface area (Å²) in [7, 11) is -3.36. The van der Waals surface area contributed by atoms with E-state index in [0.717, 1.165) is 24.8 Å². The van der Waals surface area contributed by atoms with E-state index >= 15 is 0 Å². The standard InChI is InChI=1S/C16H21N5O3S/c1-25(23,24)20-14-6-2-5-13(10-14)18-16(22)21-9-3-4-12(11-21)15-7-8-17-19-15/h2,5-8,10,12,20H,3-4,9,11H2,1H3,(H,17,19)(H,18,22)/t12-/m0/s1. The molecule has 1 fully saturated rings. The smallest absolute Gasteiger partial charge is 0.321 e. The summed E-state index contributed by atoms with van der Waals surface area (Å²) in [6.45, 7) is 1.31. The van der Waals surface area contributed by atoms with E-state index in [9.17, 15) is 13.2 Å². The van der Waals surface area contributed by atoms with Crippen LogP contribution in [0.4, 0.5) is 16.2 Å². The van der Waals surface area contributed by atoms with Crippen LogP contribution in [-0.2, 0) is 10.0 Å². The average molecular weight is 363 g/mol. The van der Waals surface area contributed by atoms with E-state index in [2.05, 4.69) is 20.2 Å². The number of piperidine rings is 1. The molecule has 9 heteroatoms. The molecule has 1 saturated heterocycles. The van der Waals surface area contributed by atoms with E-state index in [4.69, 9.17) is 0 Å². The van der Waals surface area contributed by atoms with Gasteiger partial charge < -0.3 is 10.2 Å². The summed E-state index contributed by atoms with van der Waals surface area (Å²) in [5.74, 6) is 0.250. The number of aromatic nitrogens is 2. The third kappa shape index (κ3) is 4.72. The maximum Gasteiger partial charge on any atom is 0.321 e. The van der Waals surface area contributed by atoms with Gasteiger partial charge in [-0.1, -0.05) is 6.07 Å². The molecule has 3 rings (SSSR count). The quantitative estimate of drug-likeness (QED) is 0.774. The molecule has 1 aliphatic heterocycles. The highest BCUT2D eigenvalue weighted by molar-refractivity contribution is 7.92. The zero-order valence-electron chi connectivity index (χ0n) is 13.9. The van der Waals surface area contributed by atoms with E-state index in [-0.39, 0.29) is 11.9 Å². The molecule has 1 aliphatic rings. The van der Waals surface area contributed by atoms with Gasteiger partial charge in [-0.25, -0.2) is 13.2 Å². The Morgan fingerprint density at radius 3 is 2.84 bits per heavy atom. The minimum absolute atomic E-state index is 0.194. The molecule has 0 unspecified atom stereocenters. The number of carbonyl (C=O) groups excluding carboxylic acids is 1. The molecular formula is C16H21N5O3S.